The third kappa shape index (κ3) is 5.55. The van der Waals surface area contributed by atoms with Crippen molar-refractivity contribution in [1.82, 2.24) is 14.8 Å². The van der Waals surface area contributed by atoms with Crippen LogP contribution >= 0.6 is 36.4 Å². The molecule has 2 aromatic heterocycles. The summed E-state index contributed by atoms with van der Waals surface area (Å²) < 4.78 is 1.52. The van der Waals surface area contributed by atoms with Gasteiger partial charge in [0.2, 0.25) is 0 Å². The third-order valence-electron chi connectivity index (χ3n) is 6.19. The Balaban J connectivity index is 0.00000193. The minimum absolute atomic E-state index is 0. The van der Waals surface area contributed by atoms with Gasteiger partial charge in [0.1, 0.15) is 0 Å². The molecule has 1 saturated carbocycles. The van der Waals surface area contributed by atoms with Gasteiger partial charge in [0.25, 0.3) is 5.56 Å². The Labute approximate surface area is 208 Å². The van der Waals surface area contributed by atoms with E-state index in [1.807, 2.05) is 18.2 Å². The summed E-state index contributed by atoms with van der Waals surface area (Å²) in [6.07, 6.45) is 5.99. The van der Waals surface area contributed by atoms with Crippen molar-refractivity contribution >= 4 is 42.4 Å². The quantitative estimate of drug-likeness (QED) is 0.521. The van der Waals surface area contributed by atoms with Gasteiger partial charge in [-0.05, 0) is 55.5 Å². The number of aromatic carboxylic acids is 1. The Bertz CT molecular complexity index is 1180. The van der Waals surface area contributed by atoms with Crippen LogP contribution in [0.4, 0.5) is 0 Å². The van der Waals surface area contributed by atoms with Crippen molar-refractivity contribution in [1.29, 1.82) is 0 Å². The maximum Gasteiger partial charge on any atom is 0.337 e. The number of carboxylic acids is 1. The van der Waals surface area contributed by atoms with Gasteiger partial charge in [-0.25, -0.2) is 9.48 Å². The Morgan fingerprint density at radius 2 is 1.88 bits per heavy atom. The summed E-state index contributed by atoms with van der Waals surface area (Å²) in [5, 5.41) is 14.4. The van der Waals surface area contributed by atoms with Gasteiger partial charge in [-0.2, -0.15) is 5.10 Å². The number of aromatic nitrogens is 3. The van der Waals surface area contributed by atoms with Crippen LogP contribution in [0.15, 0.2) is 59.7 Å². The average molecular weight is 512 g/mol. The Hall–Kier alpha value is -2.45. The van der Waals surface area contributed by atoms with Crippen LogP contribution in [0.3, 0.4) is 0 Å². The number of hydrogen-bond donors (Lipinski definition) is 2. The minimum atomic E-state index is -1.06. The molecule has 0 aliphatic heterocycles. The summed E-state index contributed by atoms with van der Waals surface area (Å²) in [6, 6.07) is 12.3. The van der Waals surface area contributed by atoms with E-state index in [9.17, 15) is 14.7 Å². The lowest BCUT2D eigenvalue weighted by Crippen LogP contribution is -2.41. The van der Waals surface area contributed by atoms with Gasteiger partial charge in [0.15, 0.2) is 0 Å². The number of benzene rings is 1. The first-order valence-corrected chi connectivity index (χ1v) is 10.5. The predicted octanol–water partition coefficient (Wildman–Crippen LogP) is 4.51. The minimum Gasteiger partial charge on any atom is -0.478 e. The summed E-state index contributed by atoms with van der Waals surface area (Å²) in [6.45, 7) is 0.510. The molecule has 1 aromatic carbocycles. The molecule has 0 radical (unpaired) electrons. The molecule has 33 heavy (non-hydrogen) atoms. The zero-order valence-corrected chi connectivity index (χ0v) is 20.1. The van der Waals surface area contributed by atoms with E-state index in [1.165, 1.54) is 23.0 Å². The van der Waals surface area contributed by atoms with Crippen molar-refractivity contribution in [2.75, 3.05) is 6.54 Å². The first-order valence-electron chi connectivity index (χ1n) is 10.2. The molecular formula is C23H25Cl3N4O3. The van der Waals surface area contributed by atoms with Crippen molar-refractivity contribution < 1.29 is 9.90 Å². The molecule has 3 N–H and O–H groups in total. The molecule has 176 valence electrons. The summed E-state index contributed by atoms with van der Waals surface area (Å²) >= 11 is 6.20. The molecule has 0 saturated heterocycles. The Morgan fingerprint density at radius 3 is 2.52 bits per heavy atom. The maximum atomic E-state index is 12.6. The van der Waals surface area contributed by atoms with Crippen LogP contribution in [-0.2, 0) is 5.41 Å². The highest BCUT2D eigenvalue weighted by Gasteiger charge is 2.37. The number of pyridine rings is 1. The van der Waals surface area contributed by atoms with Crippen LogP contribution in [0.1, 0.15) is 47.6 Å². The number of nitrogens with two attached hydrogens (primary N) is 1. The third-order valence-corrected chi connectivity index (χ3v) is 6.43. The van der Waals surface area contributed by atoms with E-state index < -0.39 is 5.97 Å². The number of carboxylic acid groups (broad SMARTS) is 1. The fraction of sp³-hybridized carbons (Fsp3) is 0.304. The molecule has 4 rings (SSSR count). The topological polar surface area (TPSA) is 111 Å². The van der Waals surface area contributed by atoms with Gasteiger partial charge < -0.3 is 10.8 Å². The van der Waals surface area contributed by atoms with Crippen molar-refractivity contribution in [3.05, 3.63) is 81.4 Å². The molecule has 0 bridgehead atoms. The number of rotatable bonds is 5. The van der Waals surface area contributed by atoms with Crippen LogP contribution in [0, 0.1) is 0 Å². The molecule has 1 fully saturated rings. The first kappa shape index (κ1) is 26.8. The predicted molar refractivity (Wildman–Crippen MR) is 133 cm³/mol. The smallest absolute Gasteiger partial charge is 0.337 e. The summed E-state index contributed by atoms with van der Waals surface area (Å²) in [5.41, 5.74) is 8.12. The van der Waals surface area contributed by atoms with E-state index in [0.29, 0.717) is 22.8 Å². The van der Waals surface area contributed by atoms with Crippen molar-refractivity contribution in [3.63, 3.8) is 0 Å². The standard InChI is InChI=1S/C23H23ClN4O3.2ClH/c24-18-3-1-2-17(11-18)23(14-25)8-6-19(7-9-23)28-21(29)5-4-20(27-28)15-10-16(22(30)31)13-26-12-15;;/h1-5,10-13,19H,6-9,14,25H2,(H,30,31);2*1H/t19-,23-;;. The lowest BCUT2D eigenvalue weighted by molar-refractivity contribution is 0.0696. The molecule has 0 unspecified atom stereocenters. The van der Waals surface area contributed by atoms with Crippen molar-refractivity contribution in [2.24, 2.45) is 5.73 Å². The second kappa shape index (κ2) is 11.1. The summed E-state index contributed by atoms with van der Waals surface area (Å²) in [4.78, 5) is 27.8. The SMILES string of the molecule is Cl.Cl.NC[C@]1(c2cccc(Cl)c2)CC[C@H](n2nc(-c3cncc(C(=O)O)c3)ccc2=O)CC1. The van der Waals surface area contributed by atoms with Gasteiger partial charge in [0.05, 0.1) is 17.3 Å². The summed E-state index contributed by atoms with van der Waals surface area (Å²) in [5.74, 6) is -1.06. The van der Waals surface area contributed by atoms with Crippen LogP contribution in [0.5, 0.6) is 0 Å². The Kier molecular flexibility index (Phi) is 9.03. The van der Waals surface area contributed by atoms with Gasteiger partial charge in [0, 0.05) is 41.0 Å². The normalized spacial score (nSPS) is 19.8. The average Bonchev–Trinajstić information content (AvgIpc) is 2.79. The molecule has 0 spiro atoms. The van der Waals surface area contributed by atoms with E-state index in [1.54, 1.807) is 12.3 Å². The zero-order chi connectivity index (χ0) is 22.0. The van der Waals surface area contributed by atoms with Crippen molar-refractivity contribution in [3.8, 4) is 11.3 Å². The number of carbonyl (C=O) groups is 1. The summed E-state index contributed by atoms with van der Waals surface area (Å²) in [7, 11) is 0. The van der Waals surface area contributed by atoms with E-state index in [0.717, 1.165) is 31.2 Å². The van der Waals surface area contributed by atoms with Crippen LogP contribution in [0.2, 0.25) is 5.02 Å². The molecule has 2 heterocycles. The lowest BCUT2D eigenvalue weighted by atomic mass is 9.68. The second-order valence-electron chi connectivity index (χ2n) is 7.99. The van der Waals surface area contributed by atoms with E-state index in [2.05, 4.69) is 16.1 Å². The zero-order valence-electron chi connectivity index (χ0n) is 17.7. The van der Waals surface area contributed by atoms with Crippen LogP contribution in [0.25, 0.3) is 11.3 Å². The molecule has 0 atom stereocenters. The van der Waals surface area contributed by atoms with Gasteiger partial charge in [-0.1, -0.05) is 23.7 Å². The number of halogens is 3. The fourth-order valence-corrected chi connectivity index (χ4v) is 4.56. The molecule has 10 heteroatoms. The highest BCUT2D eigenvalue weighted by Crippen LogP contribution is 2.42. The maximum absolute atomic E-state index is 12.6. The van der Waals surface area contributed by atoms with E-state index >= 15 is 0 Å². The van der Waals surface area contributed by atoms with Crippen LogP contribution in [-0.4, -0.2) is 32.4 Å². The lowest BCUT2D eigenvalue weighted by Gasteiger charge is -2.40. The molecule has 0 amide bonds. The number of hydrogen-bond acceptors (Lipinski definition) is 5. The van der Waals surface area contributed by atoms with Gasteiger partial charge in [-0.3, -0.25) is 9.78 Å². The number of nitrogens with zero attached hydrogens (tertiary/aromatic N) is 3. The Morgan fingerprint density at radius 1 is 1.15 bits per heavy atom. The van der Waals surface area contributed by atoms with Crippen LogP contribution < -0.4 is 11.3 Å². The molecule has 1 aliphatic carbocycles. The second-order valence-corrected chi connectivity index (χ2v) is 8.43. The van der Waals surface area contributed by atoms with E-state index in [-0.39, 0.29) is 47.4 Å². The van der Waals surface area contributed by atoms with Crippen molar-refractivity contribution in [2.45, 2.75) is 37.1 Å². The molecule has 1 aliphatic rings. The van der Waals surface area contributed by atoms with Gasteiger partial charge in [-0.15, -0.1) is 24.8 Å². The molecule has 3 aromatic rings. The fourth-order valence-electron chi connectivity index (χ4n) is 4.37. The highest BCUT2D eigenvalue weighted by molar-refractivity contribution is 6.30. The van der Waals surface area contributed by atoms with E-state index in [4.69, 9.17) is 17.3 Å². The highest BCUT2D eigenvalue weighted by atomic mass is 35.5. The largest absolute Gasteiger partial charge is 0.478 e. The molecular weight excluding hydrogens is 487 g/mol. The molecule has 7 nitrogen and oxygen atoms in total. The first-order chi connectivity index (χ1) is 14.9. The van der Waals surface area contributed by atoms with Gasteiger partial charge >= 0.3 is 5.97 Å². The monoisotopic (exact) mass is 510 g/mol.